The Labute approximate surface area is 237 Å². The molecule has 10 nitrogen and oxygen atoms in total. The number of carbonyl (C=O) groups excluding carboxylic acids is 4. The van der Waals surface area contributed by atoms with E-state index in [4.69, 9.17) is 16.6 Å². The van der Waals surface area contributed by atoms with Crippen LogP contribution < -0.4 is 22.1 Å². The van der Waals surface area contributed by atoms with E-state index in [-0.39, 0.29) is 38.0 Å². The van der Waals surface area contributed by atoms with Gasteiger partial charge in [-0.25, -0.2) is 0 Å². The van der Waals surface area contributed by atoms with Crippen LogP contribution in [0.4, 0.5) is 0 Å². The maximum Gasteiger partial charge on any atom is 0.303 e. The molecule has 40 heavy (non-hydrogen) atoms. The summed E-state index contributed by atoms with van der Waals surface area (Å²) in [4.78, 5) is 59.3. The van der Waals surface area contributed by atoms with Crippen molar-refractivity contribution in [1.29, 1.82) is 0 Å². The fourth-order valence-electron chi connectivity index (χ4n) is 4.59. The Morgan fingerprint density at radius 2 is 1.70 bits per heavy atom. The van der Waals surface area contributed by atoms with Gasteiger partial charge in [-0.3, -0.25) is 24.0 Å². The van der Waals surface area contributed by atoms with Crippen LogP contribution in [0.2, 0.25) is 0 Å². The lowest BCUT2D eigenvalue weighted by molar-refractivity contribution is -0.138. The molecule has 1 aromatic carbocycles. The molecular formula is C29H36N4O6S. The molecule has 0 aromatic heterocycles. The van der Waals surface area contributed by atoms with Gasteiger partial charge in [0.15, 0.2) is 0 Å². The summed E-state index contributed by atoms with van der Waals surface area (Å²) in [6.45, 7) is 0. The number of aliphatic carboxylic acids is 1. The van der Waals surface area contributed by atoms with Crippen molar-refractivity contribution in [2.75, 3.05) is 0 Å². The fourth-order valence-corrected chi connectivity index (χ4v) is 5.76. The number of carboxylic acid groups (broad SMARTS) is 1. The average Bonchev–Trinajstić information content (AvgIpc) is 3.43. The van der Waals surface area contributed by atoms with Crippen molar-refractivity contribution in [3.05, 3.63) is 65.1 Å². The van der Waals surface area contributed by atoms with E-state index in [9.17, 15) is 24.0 Å². The highest BCUT2D eigenvalue weighted by molar-refractivity contribution is 8.03. The van der Waals surface area contributed by atoms with Crippen molar-refractivity contribution in [3.63, 3.8) is 0 Å². The van der Waals surface area contributed by atoms with Crippen molar-refractivity contribution in [1.82, 2.24) is 10.6 Å². The van der Waals surface area contributed by atoms with E-state index in [0.29, 0.717) is 11.7 Å². The van der Waals surface area contributed by atoms with Gasteiger partial charge in [-0.05, 0) is 60.1 Å². The van der Waals surface area contributed by atoms with E-state index < -0.39 is 41.7 Å². The standard InChI is InChI=1S/C29H36N4O6S/c30-25(34)13-11-22(28(31)38)33-29(39)23(12-15-27(36)37)32-26(35)14-8-18-6-9-20(10-7-18)24-16-21(17-40-24)19-4-2-1-3-5-19/h1-6,9-10,17-18,22-24H,7-8,11-16H2,(H2,30,34)(H2,31,38)(H,32,35)(H,33,39)(H,36,37)/t18?,22?,23-,24?/m0/s1. The maximum atomic E-state index is 12.8. The second-order valence-electron chi connectivity index (χ2n) is 9.96. The molecule has 1 heterocycles. The molecule has 3 unspecified atom stereocenters. The zero-order chi connectivity index (χ0) is 29.1. The van der Waals surface area contributed by atoms with E-state index in [1.165, 1.54) is 16.7 Å². The molecule has 3 rings (SSSR count). The highest BCUT2D eigenvalue weighted by Crippen LogP contribution is 2.41. The summed E-state index contributed by atoms with van der Waals surface area (Å²) in [7, 11) is 0. The van der Waals surface area contributed by atoms with Gasteiger partial charge < -0.3 is 27.2 Å². The number of thioether (sulfide) groups is 1. The highest BCUT2D eigenvalue weighted by atomic mass is 32.2. The Morgan fingerprint density at radius 1 is 0.975 bits per heavy atom. The molecule has 0 saturated heterocycles. The summed E-state index contributed by atoms with van der Waals surface area (Å²) in [6.07, 6.45) is 8.16. The Morgan fingerprint density at radius 3 is 2.33 bits per heavy atom. The van der Waals surface area contributed by atoms with Crippen molar-refractivity contribution in [2.24, 2.45) is 17.4 Å². The predicted octanol–water partition coefficient (Wildman–Crippen LogP) is 2.40. The van der Waals surface area contributed by atoms with Gasteiger partial charge in [0.2, 0.25) is 23.6 Å². The predicted molar refractivity (Wildman–Crippen MR) is 153 cm³/mol. The second-order valence-corrected chi connectivity index (χ2v) is 11.0. The van der Waals surface area contributed by atoms with Crippen LogP contribution in [-0.4, -0.2) is 52.0 Å². The number of hydrogen-bond donors (Lipinski definition) is 5. The van der Waals surface area contributed by atoms with Crippen LogP contribution in [0.15, 0.2) is 59.5 Å². The molecule has 0 radical (unpaired) electrons. The lowest BCUT2D eigenvalue weighted by Gasteiger charge is -2.22. The third kappa shape index (κ3) is 9.71. The van der Waals surface area contributed by atoms with Gasteiger partial charge in [-0.15, -0.1) is 11.8 Å². The van der Waals surface area contributed by atoms with Gasteiger partial charge in [0, 0.05) is 24.5 Å². The van der Waals surface area contributed by atoms with E-state index in [1.807, 2.05) is 30.0 Å². The van der Waals surface area contributed by atoms with Crippen molar-refractivity contribution in [3.8, 4) is 0 Å². The Kier molecular flexibility index (Phi) is 11.6. The highest BCUT2D eigenvalue weighted by Gasteiger charge is 2.27. The van der Waals surface area contributed by atoms with Crippen molar-refractivity contribution >= 4 is 46.9 Å². The molecule has 0 spiro atoms. The number of allylic oxidation sites excluding steroid dienone is 4. The van der Waals surface area contributed by atoms with Crippen LogP contribution in [0.1, 0.15) is 56.9 Å². The molecule has 214 valence electrons. The minimum atomic E-state index is -1.17. The molecule has 11 heteroatoms. The number of rotatable bonds is 15. The zero-order valence-electron chi connectivity index (χ0n) is 22.2. The molecular weight excluding hydrogens is 532 g/mol. The Hall–Kier alpha value is -3.86. The van der Waals surface area contributed by atoms with Gasteiger partial charge in [0.1, 0.15) is 12.1 Å². The van der Waals surface area contributed by atoms with Crippen molar-refractivity contribution < 1.29 is 29.1 Å². The quantitative estimate of drug-likeness (QED) is 0.215. The number of nitrogens with one attached hydrogen (secondary N) is 2. The van der Waals surface area contributed by atoms with Crippen LogP contribution >= 0.6 is 11.8 Å². The average molecular weight is 569 g/mol. The number of hydrogen-bond acceptors (Lipinski definition) is 6. The maximum absolute atomic E-state index is 12.8. The summed E-state index contributed by atoms with van der Waals surface area (Å²) in [5.41, 5.74) is 14.3. The summed E-state index contributed by atoms with van der Waals surface area (Å²) >= 11 is 1.82. The minimum absolute atomic E-state index is 0.0947. The summed E-state index contributed by atoms with van der Waals surface area (Å²) in [5, 5.41) is 16.6. The minimum Gasteiger partial charge on any atom is -0.481 e. The van der Waals surface area contributed by atoms with E-state index in [1.54, 1.807) is 0 Å². The lowest BCUT2D eigenvalue weighted by Crippen LogP contribution is -2.53. The smallest absolute Gasteiger partial charge is 0.303 e. The van der Waals surface area contributed by atoms with Crippen LogP contribution in [0, 0.1) is 5.92 Å². The third-order valence-corrected chi connectivity index (χ3v) is 8.08. The molecule has 0 bridgehead atoms. The number of primary amides is 2. The van der Waals surface area contributed by atoms with Gasteiger partial charge in [0.25, 0.3) is 0 Å². The van der Waals surface area contributed by atoms with Gasteiger partial charge >= 0.3 is 5.97 Å². The van der Waals surface area contributed by atoms with Gasteiger partial charge in [0.05, 0.1) is 0 Å². The van der Waals surface area contributed by atoms with E-state index >= 15 is 0 Å². The third-order valence-electron chi connectivity index (χ3n) is 6.89. The first kappa shape index (κ1) is 30.7. The zero-order valence-corrected chi connectivity index (χ0v) is 23.0. The summed E-state index contributed by atoms with van der Waals surface area (Å²) in [6, 6.07) is 8.00. The molecule has 1 aliphatic heterocycles. The topological polar surface area (TPSA) is 182 Å². The number of carboxylic acids is 1. The lowest BCUT2D eigenvalue weighted by atomic mass is 9.90. The fraction of sp³-hybridized carbons (Fsp3) is 0.414. The molecule has 7 N–H and O–H groups in total. The molecule has 0 saturated carbocycles. The number of nitrogens with two attached hydrogens (primary N) is 2. The molecule has 2 aliphatic rings. The van der Waals surface area contributed by atoms with Crippen LogP contribution in [-0.2, 0) is 24.0 Å². The van der Waals surface area contributed by atoms with Crippen LogP contribution in [0.3, 0.4) is 0 Å². The number of benzene rings is 1. The molecule has 4 amide bonds. The largest absolute Gasteiger partial charge is 0.481 e. The van der Waals surface area contributed by atoms with E-state index in [0.717, 1.165) is 12.8 Å². The molecule has 1 aromatic rings. The molecule has 0 fully saturated rings. The SMILES string of the molecule is NC(=O)CCC(NC(=O)[C@H](CCC(=O)O)NC(=O)CCC1C=CC(C2CC(c3ccccc3)=CS2)=CC1)C(N)=O. The first-order chi connectivity index (χ1) is 19.1. The van der Waals surface area contributed by atoms with E-state index in [2.05, 4.69) is 46.4 Å². The first-order valence-electron chi connectivity index (χ1n) is 13.3. The van der Waals surface area contributed by atoms with Gasteiger partial charge in [-0.2, -0.15) is 0 Å². The van der Waals surface area contributed by atoms with Crippen LogP contribution in [0.25, 0.3) is 5.57 Å². The number of amides is 4. The van der Waals surface area contributed by atoms with Crippen LogP contribution in [0.5, 0.6) is 0 Å². The van der Waals surface area contributed by atoms with Gasteiger partial charge in [-0.1, -0.05) is 48.6 Å². The molecule has 1 aliphatic carbocycles. The Bertz CT molecular complexity index is 1200. The summed E-state index contributed by atoms with van der Waals surface area (Å²) < 4.78 is 0. The Balaban J connectivity index is 1.48. The second kappa shape index (κ2) is 15.1. The monoisotopic (exact) mass is 568 g/mol. The first-order valence-corrected chi connectivity index (χ1v) is 14.2. The molecule has 4 atom stereocenters. The normalized spacial score (nSPS) is 19.6. The van der Waals surface area contributed by atoms with Crippen molar-refractivity contribution in [2.45, 2.75) is 68.7 Å². The summed E-state index contributed by atoms with van der Waals surface area (Å²) in [5.74, 6) is -3.63. The number of carbonyl (C=O) groups is 5.